The van der Waals surface area contributed by atoms with Gasteiger partial charge in [-0.25, -0.2) is 4.68 Å². The fourth-order valence-corrected chi connectivity index (χ4v) is 3.31. The quantitative estimate of drug-likeness (QED) is 0.784. The summed E-state index contributed by atoms with van der Waals surface area (Å²) >= 11 is 6.22. The molecule has 0 atom stereocenters. The van der Waals surface area contributed by atoms with Crippen molar-refractivity contribution in [2.75, 3.05) is 26.3 Å². The van der Waals surface area contributed by atoms with Crippen molar-refractivity contribution in [1.82, 2.24) is 19.9 Å². The van der Waals surface area contributed by atoms with Gasteiger partial charge in [-0.3, -0.25) is 4.79 Å². The lowest BCUT2D eigenvalue weighted by molar-refractivity contribution is -0.131. The number of rotatable bonds is 4. The summed E-state index contributed by atoms with van der Waals surface area (Å²) in [5, 5.41) is 18.5. The van der Waals surface area contributed by atoms with Gasteiger partial charge in [0.15, 0.2) is 11.5 Å². The lowest BCUT2D eigenvalue weighted by Gasteiger charge is -2.38. The van der Waals surface area contributed by atoms with Crippen molar-refractivity contribution in [2.24, 2.45) is 0 Å². The molecule has 1 saturated heterocycles. The van der Waals surface area contributed by atoms with Gasteiger partial charge in [-0.2, -0.15) is 0 Å². The SMILES string of the molecule is CC(C)(O)c1cn(C2CN(C(=O)C=Cc3cc(Cl)c4c(c3)OCCO4)C2)nn1. The first-order valence-electron chi connectivity index (χ1n) is 9.02. The van der Waals surface area contributed by atoms with Crippen molar-refractivity contribution in [1.29, 1.82) is 0 Å². The number of carbonyl (C=O) groups is 1. The molecule has 28 heavy (non-hydrogen) atoms. The smallest absolute Gasteiger partial charge is 0.246 e. The Morgan fingerprint density at radius 3 is 2.79 bits per heavy atom. The van der Waals surface area contributed by atoms with Crippen LogP contribution in [0.5, 0.6) is 11.5 Å². The van der Waals surface area contributed by atoms with Gasteiger partial charge in [-0.1, -0.05) is 16.8 Å². The number of hydrogen-bond acceptors (Lipinski definition) is 6. The first kappa shape index (κ1) is 18.8. The van der Waals surface area contributed by atoms with E-state index in [4.69, 9.17) is 21.1 Å². The summed E-state index contributed by atoms with van der Waals surface area (Å²) in [7, 11) is 0. The van der Waals surface area contributed by atoms with Crippen LogP contribution in [0.4, 0.5) is 0 Å². The average molecular weight is 405 g/mol. The molecule has 0 radical (unpaired) electrons. The predicted octanol–water partition coefficient (Wildman–Crippen LogP) is 2.03. The molecule has 1 aromatic heterocycles. The molecule has 1 aromatic carbocycles. The maximum absolute atomic E-state index is 12.4. The van der Waals surface area contributed by atoms with Gasteiger partial charge in [0.05, 0.1) is 17.3 Å². The zero-order chi connectivity index (χ0) is 19.9. The van der Waals surface area contributed by atoms with Crippen LogP contribution in [0.15, 0.2) is 24.4 Å². The number of ether oxygens (including phenoxy) is 2. The molecule has 2 aliphatic rings. The zero-order valence-corrected chi connectivity index (χ0v) is 16.4. The molecule has 0 bridgehead atoms. The van der Waals surface area contributed by atoms with E-state index in [1.54, 1.807) is 47.8 Å². The topological polar surface area (TPSA) is 89.7 Å². The molecule has 3 heterocycles. The van der Waals surface area contributed by atoms with E-state index in [9.17, 15) is 9.90 Å². The van der Waals surface area contributed by atoms with Crippen molar-refractivity contribution in [3.8, 4) is 11.5 Å². The Kier molecular flexibility index (Phi) is 4.76. The van der Waals surface area contributed by atoms with Crippen molar-refractivity contribution in [3.63, 3.8) is 0 Å². The van der Waals surface area contributed by atoms with E-state index in [1.165, 1.54) is 6.08 Å². The molecule has 0 spiro atoms. The average Bonchev–Trinajstić information content (AvgIpc) is 3.09. The molecule has 0 saturated carbocycles. The molecule has 2 aromatic rings. The Labute approximate surface area is 167 Å². The number of halogens is 1. The Balaban J connectivity index is 1.37. The standard InChI is InChI=1S/C19H21ClN4O4/c1-19(2,26)16-11-24(22-21-16)13-9-23(10-13)17(25)4-3-12-7-14(20)18-15(8-12)27-5-6-28-18/h3-4,7-8,11,13,26H,5-6,9-10H2,1-2H3. The van der Waals surface area contributed by atoms with Crippen LogP contribution in [0, 0.1) is 0 Å². The molecule has 148 valence electrons. The van der Waals surface area contributed by atoms with E-state index in [1.807, 2.05) is 0 Å². The van der Waals surface area contributed by atoms with Crippen LogP contribution in [0.3, 0.4) is 0 Å². The van der Waals surface area contributed by atoms with Crippen LogP contribution in [-0.4, -0.2) is 57.2 Å². The maximum Gasteiger partial charge on any atom is 0.246 e. The first-order chi connectivity index (χ1) is 13.3. The van der Waals surface area contributed by atoms with E-state index in [0.29, 0.717) is 48.5 Å². The Hall–Kier alpha value is -2.58. The number of nitrogens with zero attached hydrogens (tertiary/aromatic N) is 4. The van der Waals surface area contributed by atoms with Gasteiger partial charge < -0.3 is 19.5 Å². The number of carbonyl (C=O) groups excluding carboxylic acids is 1. The van der Waals surface area contributed by atoms with E-state index in [0.717, 1.165) is 5.56 Å². The van der Waals surface area contributed by atoms with Gasteiger partial charge >= 0.3 is 0 Å². The predicted molar refractivity (Wildman–Crippen MR) is 102 cm³/mol. The largest absolute Gasteiger partial charge is 0.486 e. The van der Waals surface area contributed by atoms with Crippen molar-refractivity contribution in [3.05, 3.63) is 40.7 Å². The number of aromatic nitrogens is 3. The van der Waals surface area contributed by atoms with E-state index in [2.05, 4.69) is 10.3 Å². The van der Waals surface area contributed by atoms with E-state index >= 15 is 0 Å². The maximum atomic E-state index is 12.4. The van der Waals surface area contributed by atoms with Gasteiger partial charge in [0, 0.05) is 19.2 Å². The van der Waals surface area contributed by atoms with Crippen LogP contribution < -0.4 is 9.47 Å². The molecular weight excluding hydrogens is 384 g/mol. The molecule has 1 N–H and O–H groups in total. The summed E-state index contributed by atoms with van der Waals surface area (Å²) in [4.78, 5) is 14.1. The third-order valence-corrected chi connectivity index (χ3v) is 5.00. The molecule has 2 aliphatic heterocycles. The normalized spacial score (nSPS) is 17.1. The minimum absolute atomic E-state index is 0.0599. The molecule has 0 unspecified atom stereocenters. The summed E-state index contributed by atoms with van der Waals surface area (Å²) in [5.41, 5.74) is 0.240. The zero-order valence-electron chi connectivity index (χ0n) is 15.6. The number of fused-ring (bicyclic) bond motifs is 1. The van der Waals surface area contributed by atoms with Crippen LogP contribution in [0.25, 0.3) is 6.08 Å². The highest BCUT2D eigenvalue weighted by Crippen LogP contribution is 2.38. The molecule has 1 amide bonds. The second-order valence-electron chi connectivity index (χ2n) is 7.40. The Morgan fingerprint density at radius 2 is 2.07 bits per heavy atom. The molecule has 0 aliphatic carbocycles. The second kappa shape index (κ2) is 7.10. The minimum atomic E-state index is -1.04. The monoisotopic (exact) mass is 404 g/mol. The number of benzene rings is 1. The third-order valence-electron chi connectivity index (χ3n) is 4.72. The highest BCUT2D eigenvalue weighted by Gasteiger charge is 2.32. The lowest BCUT2D eigenvalue weighted by Crippen LogP contribution is -2.50. The second-order valence-corrected chi connectivity index (χ2v) is 7.81. The van der Waals surface area contributed by atoms with Crippen LogP contribution >= 0.6 is 11.6 Å². The molecule has 9 heteroatoms. The van der Waals surface area contributed by atoms with E-state index in [-0.39, 0.29) is 11.9 Å². The fraction of sp³-hybridized carbons (Fsp3) is 0.421. The lowest BCUT2D eigenvalue weighted by atomic mass is 10.1. The van der Waals surface area contributed by atoms with Crippen LogP contribution in [0.2, 0.25) is 5.02 Å². The van der Waals surface area contributed by atoms with Crippen molar-refractivity contribution >= 4 is 23.6 Å². The van der Waals surface area contributed by atoms with Gasteiger partial charge in [0.1, 0.15) is 24.5 Å². The highest BCUT2D eigenvalue weighted by atomic mass is 35.5. The number of likely N-dealkylation sites (tertiary alicyclic amines) is 1. The fourth-order valence-electron chi connectivity index (χ4n) is 3.04. The van der Waals surface area contributed by atoms with Crippen molar-refractivity contribution < 1.29 is 19.4 Å². The van der Waals surface area contributed by atoms with Gasteiger partial charge in [0.2, 0.25) is 5.91 Å². The Bertz CT molecular complexity index is 929. The van der Waals surface area contributed by atoms with Crippen LogP contribution in [-0.2, 0) is 10.4 Å². The number of aliphatic hydroxyl groups is 1. The Morgan fingerprint density at radius 1 is 1.32 bits per heavy atom. The summed E-state index contributed by atoms with van der Waals surface area (Å²) in [5.74, 6) is 1.04. The summed E-state index contributed by atoms with van der Waals surface area (Å²) < 4.78 is 12.7. The number of amides is 1. The molecular formula is C19H21ClN4O4. The highest BCUT2D eigenvalue weighted by molar-refractivity contribution is 6.32. The van der Waals surface area contributed by atoms with Crippen molar-refractivity contribution in [2.45, 2.75) is 25.5 Å². The first-order valence-corrected chi connectivity index (χ1v) is 9.40. The van der Waals surface area contributed by atoms with E-state index < -0.39 is 5.60 Å². The minimum Gasteiger partial charge on any atom is -0.486 e. The van der Waals surface area contributed by atoms with Gasteiger partial charge in [-0.15, -0.1) is 5.10 Å². The summed E-state index contributed by atoms with van der Waals surface area (Å²) in [6.45, 7) is 5.35. The van der Waals surface area contributed by atoms with Gasteiger partial charge in [-0.05, 0) is 37.6 Å². The number of hydrogen-bond donors (Lipinski definition) is 1. The third kappa shape index (κ3) is 3.70. The summed E-state index contributed by atoms with van der Waals surface area (Å²) in [6.07, 6.45) is 4.95. The van der Waals surface area contributed by atoms with Gasteiger partial charge in [0.25, 0.3) is 0 Å². The molecule has 4 rings (SSSR count). The van der Waals surface area contributed by atoms with Crippen LogP contribution in [0.1, 0.15) is 31.1 Å². The summed E-state index contributed by atoms with van der Waals surface area (Å²) in [6, 6.07) is 3.60. The molecule has 8 nitrogen and oxygen atoms in total. The molecule has 1 fully saturated rings.